The van der Waals surface area contributed by atoms with Crippen LogP contribution in [-0.2, 0) is 20.9 Å². The van der Waals surface area contributed by atoms with Crippen LogP contribution in [0.1, 0.15) is 83.7 Å². The van der Waals surface area contributed by atoms with Gasteiger partial charge < -0.3 is 10.2 Å². The van der Waals surface area contributed by atoms with Gasteiger partial charge in [-0.15, -0.1) is 0 Å². The van der Waals surface area contributed by atoms with Gasteiger partial charge in [0.2, 0.25) is 17.7 Å². The molecule has 5 amide bonds. The van der Waals surface area contributed by atoms with E-state index in [9.17, 15) is 24.0 Å². The lowest BCUT2D eigenvalue weighted by Gasteiger charge is -2.32. The number of rotatable bonds is 8. The van der Waals surface area contributed by atoms with Gasteiger partial charge in [-0.1, -0.05) is 18.9 Å². The molecular formula is C28H32N6O5. The molecule has 0 bridgehead atoms. The standard InChI is InChI=1S/C28H32N6O5/c35-23-8-7-22(26(37)31-23)34-27(38)20-2-1-3-21(25(20)28(34)39)29-14-18-15-30-33(16-18)19-10-12-32(13-11-19)24(36)9-6-17-4-5-17/h1-3,15-17,19,22,29H,4-14H2,(H,31,35,37). The lowest BCUT2D eigenvalue weighted by Crippen LogP contribution is -2.54. The summed E-state index contributed by atoms with van der Waals surface area (Å²) in [6.07, 6.45) is 9.91. The van der Waals surface area contributed by atoms with Crippen molar-refractivity contribution >= 4 is 35.2 Å². The van der Waals surface area contributed by atoms with E-state index in [4.69, 9.17) is 0 Å². The number of hydrogen-bond acceptors (Lipinski definition) is 7. The van der Waals surface area contributed by atoms with Crippen LogP contribution in [0, 0.1) is 5.92 Å². The fourth-order valence-electron chi connectivity index (χ4n) is 5.80. The van der Waals surface area contributed by atoms with Crippen LogP contribution in [0.2, 0.25) is 0 Å². The van der Waals surface area contributed by atoms with Gasteiger partial charge in [0.1, 0.15) is 6.04 Å². The number of nitrogens with one attached hydrogen (secondary N) is 2. The highest BCUT2D eigenvalue weighted by molar-refractivity contribution is 6.25. The number of piperidine rings is 2. The van der Waals surface area contributed by atoms with Crippen molar-refractivity contribution in [3.63, 3.8) is 0 Å². The van der Waals surface area contributed by atoms with Crippen LogP contribution in [0.5, 0.6) is 0 Å². The zero-order chi connectivity index (χ0) is 27.1. The second-order valence-electron chi connectivity index (χ2n) is 11.0. The molecule has 0 radical (unpaired) electrons. The van der Waals surface area contributed by atoms with Crippen LogP contribution in [0.15, 0.2) is 30.6 Å². The predicted molar refractivity (Wildman–Crippen MR) is 139 cm³/mol. The maximum Gasteiger partial charge on any atom is 0.264 e. The van der Waals surface area contributed by atoms with Gasteiger partial charge in [0, 0.05) is 49.9 Å². The maximum atomic E-state index is 13.3. The van der Waals surface area contributed by atoms with Gasteiger partial charge in [-0.05, 0) is 43.7 Å². The fourth-order valence-corrected chi connectivity index (χ4v) is 5.80. The average molecular weight is 533 g/mol. The average Bonchev–Trinajstić information content (AvgIpc) is 3.59. The SMILES string of the molecule is O=C1CCC(N2C(=O)c3cccc(NCc4cnn(C5CCN(C(=O)CCC6CC6)CC5)c4)c3C2=O)C(=O)N1. The first kappa shape index (κ1) is 25.3. The highest BCUT2D eigenvalue weighted by Crippen LogP contribution is 2.34. The number of amides is 5. The van der Waals surface area contributed by atoms with Crippen LogP contribution < -0.4 is 10.6 Å². The Morgan fingerprint density at radius 1 is 1.03 bits per heavy atom. The zero-order valence-electron chi connectivity index (χ0n) is 21.7. The van der Waals surface area contributed by atoms with Crippen LogP contribution in [0.3, 0.4) is 0 Å². The third kappa shape index (κ3) is 5.05. The molecule has 2 saturated heterocycles. The monoisotopic (exact) mass is 532 g/mol. The molecule has 39 heavy (non-hydrogen) atoms. The molecule has 1 aromatic carbocycles. The number of fused-ring (bicyclic) bond motifs is 1. The molecule has 1 atom stereocenters. The first-order valence-electron chi connectivity index (χ1n) is 13.8. The number of carbonyl (C=O) groups excluding carboxylic acids is 5. The quantitative estimate of drug-likeness (QED) is 0.498. The van der Waals surface area contributed by atoms with Gasteiger partial charge >= 0.3 is 0 Å². The van der Waals surface area contributed by atoms with E-state index >= 15 is 0 Å². The number of hydrogen-bond donors (Lipinski definition) is 2. The van der Waals surface area contributed by atoms with Crippen molar-refractivity contribution in [2.45, 2.75) is 70.0 Å². The van der Waals surface area contributed by atoms with Gasteiger partial charge in [-0.2, -0.15) is 5.10 Å². The first-order chi connectivity index (χ1) is 18.9. The molecular weight excluding hydrogens is 500 g/mol. The summed E-state index contributed by atoms with van der Waals surface area (Å²) in [5, 5.41) is 10.0. The maximum absolute atomic E-state index is 13.3. The van der Waals surface area contributed by atoms with Crippen molar-refractivity contribution in [2.24, 2.45) is 5.92 Å². The lowest BCUT2D eigenvalue weighted by molar-refractivity contribution is -0.136. The Hall–Kier alpha value is -4.02. The molecule has 1 unspecified atom stereocenters. The number of imide groups is 2. The predicted octanol–water partition coefficient (Wildman–Crippen LogP) is 2.25. The third-order valence-corrected chi connectivity index (χ3v) is 8.26. The summed E-state index contributed by atoms with van der Waals surface area (Å²) < 4.78 is 1.96. The molecule has 204 valence electrons. The minimum Gasteiger partial charge on any atom is -0.380 e. The molecule has 3 aliphatic heterocycles. The fraction of sp³-hybridized carbons (Fsp3) is 0.500. The Morgan fingerprint density at radius 3 is 2.56 bits per heavy atom. The van der Waals surface area contributed by atoms with E-state index in [1.54, 1.807) is 24.4 Å². The van der Waals surface area contributed by atoms with Crippen molar-refractivity contribution in [1.82, 2.24) is 24.9 Å². The summed E-state index contributed by atoms with van der Waals surface area (Å²) in [6.45, 7) is 1.89. The topological polar surface area (TPSA) is 134 Å². The van der Waals surface area contributed by atoms with Crippen LogP contribution in [0.4, 0.5) is 5.69 Å². The molecule has 3 fully saturated rings. The smallest absolute Gasteiger partial charge is 0.264 e. The second kappa shape index (κ2) is 10.3. The normalized spacial score (nSPS) is 21.8. The molecule has 6 rings (SSSR count). The highest BCUT2D eigenvalue weighted by atomic mass is 16.2. The molecule has 4 aliphatic rings. The van der Waals surface area contributed by atoms with Gasteiger partial charge in [-0.3, -0.25) is 38.9 Å². The van der Waals surface area contributed by atoms with Crippen LogP contribution >= 0.6 is 0 Å². The van der Waals surface area contributed by atoms with Crippen molar-refractivity contribution < 1.29 is 24.0 Å². The Morgan fingerprint density at radius 2 is 1.82 bits per heavy atom. The van der Waals surface area contributed by atoms with E-state index in [1.807, 2.05) is 15.8 Å². The van der Waals surface area contributed by atoms with E-state index in [1.165, 1.54) is 12.8 Å². The number of benzene rings is 1. The molecule has 0 spiro atoms. The Kier molecular flexibility index (Phi) is 6.66. The van der Waals surface area contributed by atoms with E-state index in [2.05, 4.69) is 15.7 Å². The Balaban J connectivity index is 1.07. The minimum atomic E-state index is -0.999. The number of anilines is 1. The van der Waals surface area contributed by atoms with Crippen LogP contribution in [0.25, 0.3) is 0 Å². The Labute approximate surface area is 225 Å². The second-order valence-corrected chi connectivity index (χ2v) is 11.0. The first-order valence-corrected chi connectivity index (χ1v) is 13.8. The third-order valence-electron chi connectivity index (χ3n) is 8.26. The molecule has 4 heterocycles. The number of likely N-dealkylation sites (tertiary alicyclic amines) is 1. The van der Waals surface area contributed by atoms with Crippen molar-refractivity contribution in [3.8, 4) is 0 Å². The highest BCUT2D eigenvalue weighted by Gasteiger charge is 2.45. The molecule has 1 aromatic heterocycles. The van der Waals surface area contributed by atoms with E-state index < -0.39 is 29.7 Å². The lowest BCUT2D eigenvalue weighted by atomic mass is 10.0. The number of aromatic nitrogens is 2. The Bertz CT molecular complexity index is 1340. The summed E-state index contributed by atoms with van der Waals surface area (Å²) in [5.74, 6) is -1.07. The summed E-state index contributed by atoms with van der Waals surface area (Å²) in [6, 6.07) is 4.24. The number of nitrogens with zero attached hydrogens (tertiary/aromatic N) is 4. The van der Waals surface area contributed by atoms with Crippen LogP contribution in [-0.4, -0.2) is 68.2 Å². The zero-order valence-corrected chi connectivity index (χ0v) is 21.7. The summed E-state index contributed by atoms with van der Waals surface area (Å²) in [4.78, 5) is 65.6. The molecule has 1 aliphatic carbocycles. The van der Waals surface area contributed by atoms with E-state index in [0.717, 1.165) is 48.7 Å². The van der Waals surface area contributed by atoms with Crippen molar-refractivity contribution in [1.29, 1.82) is 0 Å². The molecule has 11 heteroatoms. The van der Waals surface area contributed by atoms with Gasteiger partial charge in [0.05, 0.1) is 23.4 Å². The summed E-state index contributed by atoms with van der Waals surface area (Å²) in [5.41, 5.74) is 1.91. The molecule has 1 saturated carbocycles. The van der Waals surface area contributed by atoms with E-state index in [-0.39, 0.29) is 35.9 Å². The minimum absolute atomic E-state index is 0.0780. The van der Waals surface area contributed by atoms with Crippen molar-refractivity contribution in [2.75, 3.05) is 18.4 Å². The number of carbonyl (C=O) groups is 5. The van der Waals surface area contributed by atoms with Crippen molar-refractivity contribution in [3.05, 3.63) is 47.3 Å². The largest absolute Gasteiger partial charge is 0.380 e. The van der Waals surface area contributed by atoms with Gasteiger partial charge in [0.15, 0.2) is 0 Å². The van der Waals surface area contributed by atoms with Gasteiger partial charge in [0.25, 0.3) is 11.8 Å². The molecule has 11 nitrogen and oxygen atoms in total. The molecule has 2 aromatic rings. The van der Waals surface area contributed by atoms with Gasteiger partial charge in [-0.25, -0.2) is 0 Å². The van der Waals surface area contributed by atoms with E-state index in [0.29, 0.717) is 18.7 Å². The summed E-state index contributed by atoms with van der Waals surface area (Å²) >= 11 is 0. The molecule has 2 N–H and O–H groups in total. The summed E-state index contributed by atoms with van der Waals surface area (Å²) in [7, 11) is 0.